The number of aliphatic carboxylic acids is 1. The highest BCUT2D eigenvalue weighted by Gasteiger charge is 2.45. The number of carbonyl (C=O) groups excluding carboxylic acids is 1. The fraction of sp³-hybridized carbons (Fsp3) is 0.867. The molecule has 1 aliphatic rings. The van der Waals surface area contributed by atoms with Crippen molar-refractivity contribution >= 4 is 12.0 Å². The Morgan fingerprint density at radius 2 is 1.67 bits per heavy atom. The molecule has 0 spiro atoms. The molecule has 0 bridgehead atoms. The summed E-state index contributed by atoms with van der Waals surface area (Å²) in [7, 11) is 1.62. The summed E-state index contributed by atoms with van der Waals surface area (Å²) in [5.41, 5.74) is -2.82. The normalized spacial score (nSPS) is 18.4. The molecule has 0 saturated heterocycles. The zero-order valence-electron chi connectivity index (χ0n) is 13.7. The lowest BCUT2D eigenvalue weighted by atomic mass is 9.74. The number of carboxylic acid groups (broad SMARTS) is 1. The number of amides is 2. The van der Waals surface area contributed by atoms with Crippen molar-refractivity contribution < 1.29 is 19.8 Å². The van der Waals surface area contributed by atoms with Gasteiger partial charge in [0, 0.05) is 7.05 Å². The van der Waals surface area contributed by atoms with E-state index >= 15 is 0 Å². The van der Waals surface area contributed by atoms with E-state index in [1.165, 1.54) is 4.90 Å². The summed E-state index contributed by atoms with van der Waals surface area (Å²) < 4.78 is 0. The minimum atomic E-state index is -1.10. The Bertz CT molecular complexity index is 412. The van der Waals surface area contributed by atoms with Crippen LogP contribution in [0.15, 0.2) is 0 Å². The average Bonchev–Trinajstić information content (AvgIpc) is 2.74. The van der Waals surface area contributed by atoms with Gasteiger partial charge in [-0.1, -0.05) is 12.8 Å². The Morgan fingerprint density at radius 1 is 1.19 bits per heavy atom. The monoisotopic (exact) mass is 300 g/mol. The minimum Gasteiger partial charge on any atom is -0.481 e. The number of nitrogens with one attached hydrogen (secondary N) is 1. The Balaban J connectivity index is 2.69. The van der Waals surface area contributed by atoms with Crippen LogP contribution in [0.1, 0.15) is 53.4 Å². The lowest BCUT2D eigenvalue weighted by Crippen LogP contribution is -2.60. The largest absolute Gasteiger partial charge is 0.481 e. The van der Waals surface area contributed by atoms with E-state index in [0.29, 0.717) is 12.8 Å². The number of urea groups is 1. The molecule has 0 aromatic heterocycles. The van der Waals surface area contributed by atoms with Crippen LogP contribution in [0.3, 0.4) is 0 Å². The first-order chi connectivity index (χ1) is 9.41. The summed E-state index contributed by atoms with van der Waals surface area (Å²) in [6, 6.07) is -0.366. The summed E-state index contributed by atoms with van der Waals surface area (Å²) in [4.78, 5) is 25.0. The van der Waals surface area contributed by atoms with Crippen LogP contribution in [0.4, 0.5) is 4.79 Å². The first-order valence-corrected chi connectivity index (χ1v) is 7.40. The van der Waals surface area contributed by atoms with Crippen molar-refractivity contribution in [3.05, 3.63) is 0 Å². The smallest absolute Gasteiger partial charge is 0.317 e. The van der Waals surface area contributed by atoms with Gasteiger partial charge in [-0.25, -0.2) is 4.79 Å². The summed E-state index contributed by atoms with van der Waals surface area (Å²) in [5.74, 6) is -0.968. The molecule has 1 fully saturated rings. The van der Waals surface area contributed by atoms with Crippen LogP contribution in [-0.2, 0) is 4.79 Å². The average molecular weight is 300 g/mol. The van der Waals surface area contributed by atoms with E-state index in [0.717, 1.165) is 12.8 Å². The standard InChI is InChI=1S/C15H28N2O4/c1-13(2,11(18)19)14(3,4)16-12(20)17(5)10-15(21)8-6-7-9-15/h21H,6-10H2,1-5H3,(H,16,20)(H,18,19). The van der Waals surface area contributed by atoms with Gasteiger partial charge in [-0.15, -0.1) is 0 Å². The van der Waals surface area contributed by atoms with Gasteiger partial charge in [0.05, 0.1) is 23.1 Å². The number of carbonyl (C=O) groups is 2. The third-order valence-corrected chi connectivity index (χ3v) is 4.93. The van der Waals surface area contributed by atoms with Crippen molar-refractivity contribution in [2.45, 2.75) is 64.5 Å². The van der Waals surface area contributed by atoms with Crippen LogP contribution in [0.5, 0.6) is 0 Å². The number of likely N-dealkylation sites (N-methyl/N-ethyl adjacent to an activating group) is 1. The highest BCUT2D eigenvalue weighted by atomic mass is 16.4. The zero-order valence-corrected chi connectivity index (χ0v) is 13.7. The molecule has 1 saturated carbocycles. The molecule has 2 amide bonds. The topological polar surface area (TPSA) is 89.9 Å². The Kier molecular flexibility index (Phi) is 4.93. The van der Waals surface area contributed by atoms with E-state index in [2.05, 4.69) is 5.32 Å². The maximum Gasteiger partial charge on any atom is 0.317 e. The number of nitrogens with zero attached hydrogens (tertiary/aromatic N) is 1. The highest BCUT2D eigenvalue weighted by Crippen LogP contribution is 2.32. The van der Waals surface area contributed by atoms with Gasteiger partial charge >= 0.3 is 12.0 Å². The van der Waals surface area contributed by atoms with Crippen molar-refractivity contribution in [3.8, 4) is 0 Å². The molecule has 6 nitrogen and oxygen atoms in total. The van der Waals surface area contributed by atoms with Crippen LogP contribution in [0, 0.1) is 5.41 Å². The Labute approximate surface area is 126 Å². The molecule has 1 aliphatic carbocycles. The molecule has 0 aromatic rings. The molecule has 0 radical (unpaired) electrons. The van der Waals surface area contributed by atoms with Gasteiger partial charge in [0.25, 0.3) is 0 Å². The second-order valence-electron chi connectivity index (χ2n) is 7.27. The number of hydrogen-bond acceptors (Lipinski definition) is 3. The van der Waals surface area contributed by atoms with Gasteiger partial charge in [-0.2, -0.15) is 0 Å². The quantitative estimate of drug-likeness (QED) is 0.722. The van der Waals surface area contributed by atoms with Crippen molar-refractivity contribution in [2.24, 2.45) is 5.41 Å². The van der Waals surface area contributed by atoms with Gasteiger partial charge in [-0.3, -0.25) is 4.79 Å². The molecule has 21 heavy (non-hydrogen) atoms. The molecule has 0 heterocycles. The number of aliphatic hydroxyl groups is 1. The molecular weight excluding hydrogens is 272 g/mol. The molecule has 1 rings (SSSR count). The van der Waals surface area contributed by atoms with Gasteiger partial charge in [0.1, 0.15) is 0 Å². The maximum absolute atomic E-state index is 12.3. The van der Waals surface area contributed by atoms with Crippen LogP contribution >= 0.6 is 0 Å². The number of rotatable bonds is 5. The minimum absolute atomic E-state index is 0.266. The predicted octanol–water partition coefficient (Wildman–Crippen LogP) is 1.82. The maximum atomic E-state index is 12.3. The summed E-state index contributed by atoms with van der Waals surface area (Å²) in [6.45, 7) is 6.82. The predicted molar refractivity (Wildman–Crippen MR) is 80.1 cm³/mol. The van der Waals surface area contributed by atoms with E-state index in [4.69, 9.17) is 0 Å². The van der Waals surface area contributed by atoms with Gasteiger partial charge < -0.3 is 20.4 Å². The van der Waals surface area contributed by atoms with Crippen LogP contribution in [-0.4, -0.2) is 51.8 Å². The van der Waals surface area contributed by atoms with Crippen LogP contribution < -0.4 is 5.32 Å². The fourth-order valence-electron chi connectivity index (χ4n) is 2.49. The van der Waals surface area contributed by atoms with Gasteiger partial charge in [-0.05, 0) is 40.5 Å². The first-order valence-electron chi connectivity index (χ1n) is 7.40. The first kappa shape index (κ1) is 17.8. The summed E-state index contributed by atoms with van der Waals surface area (Å²) >= 11 is 0. The van der Waals surface area contributed by atoms with E-state index in [1.54, 1.807) is 34.7 Å². The fourth-order valence-corrected chi connectivity index (χ4v) is 2.49. The molecule has 3 N–H and O–H groups in total. The second kappa shape index (κ2) is 5.83. The number of carboxylic acids is 1. The lowest BCUT2D eigenvalue weighted by molar-refractivity contribution is -0.150. The molecule has 0 aliphatic heterocycles. The molecular formula is C15H28N2O4. The Hall–Kier alpha value is -1.30. The van der Waals surface area contributed by atoms with Crippen LogP contribution in [0.25, 0.3) is 0 Å². The van der Waals surface area contributed by atoms with Crippen molar-refractivity contribution in [1.82, 2.24) is 10.2 Å². The molecule has 0 unspecified atom stereocenters. The van der Waals surface area contributed by atoms with E-state index in [-0.39, 0.29) is 12.6 Å². The third kappa shape index (κ3) is 3.87. The van der Waals surface area contributed by atoms with E-state index in [9.17, 15) is 19.8 Å². The van der Waals surface area contributed by atoms with Crippen LogP contribution in [0.2, 0.25) is 0 Å². The molecule has 0 aromatic carbocycles. The summed E-state index contributed by atoms with van der Waals surface area (Å²) in [6.07, 6.45) is 3.36. The SMILES string of the molecule is CN(CC1(O)CCCC1)C(=O)NC(C)(C)C(C)(C)C(=O)O. The molecule has 0 atom stereocenters. The summed E-state index contributed by atoms with van der Waals surface area (Å²) in [5, 5.41) is 22.4. The molecule has 122 valence electrons. The second-order valence-corrected chi connectivity index (χ2v) is 7.27. The highest BCUT2D eigenvalue weighted by molar-refractivity contribution is 5.79. The van der Waals surface area contributed by atoms with Crippen molar-refractivity contribution in [3.63, 3.8) is 0 Å². The number of hydrogen-bond donors (Lipinski definition) is 3. The van der Waals surface area contributed by atoms with Crippen molar-refractivity contribution in [2.75, 3.05) is 13.6 Å². The Morgan fingerprint density at radius 3 is 2.10 bits per heavy atom. The van der Waals surface area contributed by atoms with E-state index < -0.39 is 22.5 Å². The van der Waals surface area contributed by atoms with Crippen molar-refractivity contribution in [1.29, 1.82) is 0 Å². The molecule has 6 heteroatoms. The van der Waals surface area contributed by atoms with Gasteiger partial charge in [0.15, 0.2) is 0 Å². The van der Waals surface area contributed by atoms with E-state index in [1.807, 2.05) is 0 Å². The third-order valence-electron chi connectivity index (χ3n) is 4.93. The zero-order chi connectivity index (χ0) is 16.5. The van der Waals surface area contributed by atoms with Gasteiger partial charge in [0.2, 0.25) is 0 Å². The lowest BCUT2D eigenvalue weighted by Gasteiger charge is -2.40.